The molecule has 5 nitrogen and oxygen atoms in total. The number of ether oxygens (including phenoxy) is 1. The third-order valence-electron chi connectivity index (χ3n) is 3.71. The number of nitrogens with zero attached hydrogens (tertiary/aromatic N) is 3. The number of aryl methyl sites for hydroxylation is 2. The lowest BCUT2D eigenvalue weighted by Crippen LogP contribution is -2.01. The van der Waals surface area contributed by atoms with E-state index in [1.165, 1.54) is 5.56 Å². The maximum atomic E-state index is 5.44. The van der Waals surface area contributed by atoms with E-state index in [0.29, 0.717) is 11.4 Å². The molecule has 0 aliphatic rings. The average Bonchev–Trinajstić information content (AvgIpc) is 3.00. The third kappa shape index (κ3) is 4.64. The molecular formula is C19H20N4OS. The highest BCUT2D eigenvalue weighted by Gasteiger charge is 2.05. The SMILES string of the molecule is CCOc1ccc(/C=N\n2c(CCc3ccccc3)n[nH]c2=S)cc1. The Morgan fingerprint density at radius 1 is 1.12 bits per heavy atom. The van der Waals surface area contributed by atoms with Crippen LogP contribution in [0.3, 0.4) is 0 Å². The van der Waals surface area contributed by atoms with Gasteiger partial charge in [0.2, 0.25) is 4.77 Å². The Balaban J connectivity index is 1.71. The number of hydrogen-bond acceptors (Lipinski definition) is 4. The summed E-state index contributed by atoms with van der Waals surface area (Å²) in [5.41, 5.74) is 2.24. The lowest BCUT2D eigenvalue weighted by Gasteiger charge is -2.03. The number of rotatable bonds is 7. The molecule has 6 heteroatoms. The molecule has 1 N–H and O–H groups in total. The molecule has 1 aromatic heterocycles. The van der Waals surface area contributed by atoms with Gasteiger partial charge in [0.15, 0.2) is 5.82 Å². The van der Waals surface area contributed by atoms with Gasteiger partial charge in [0.1, 0.15) is 5.75 Å². The van der Waals surface area contributed by atoms with E-state index >= 15 is 0 Å². The van der Waals surface area contributed by atoms with E-state index in [-0.39, 0.29) is 0 Å². The van der Waals surface area contributed by atoms with Crippen molar-refractivity contribution >= 4 is 18.4 Å². The van der Waals surface area contributed by atoms with Crippen LogP contribution in [0, 0.1) is 4.77 Å². The van der Waals surface area contributed by atoms with E-state index in [2.05, 4.69) is 27.4 Å². The van der Waals surface area contributed by atoms with Crippen LogP contribution in [0.5, 0.6) is 5.75 Å². The standard InChI is InChI=1S/C19H20N4OS/c1-2-24-17-11-8-16(9-12-17)14-20-23-18(21-22-19(23)25)13-10-15-6-4-3-5-7-15/h3-9,11-12,14H,2,10,13H2,1H3,(H,22,25)/b20-14-. The van der Waals surface area contributed by atoms with Crippen LogP contribution in [0.1, 0.15) is 23.9 Å². The molecule has 0 aliphatic carbocycles. The van der Waals surface area contributed by atoms with Crippen molar-refractivity contribution in [3.05, 3.63) is 76.3 Å². The topological polar surface area (TPSA) is 55.2 Å². The number of benzene rings is 2. The first-order valence-corrected chi connectivity index (χ1v) is 8.64. The number of hydrogen-bond donors (Lipinski definition) is 1. The summed E-state index contributed by atoms with van der Waals surface area (Å²) in [5, 5.41) is 11.6. The van der Waals surface area contributed by atoms with Crippen LogP contribution in [0.4, 0.5) is 0 Å². The smallest absolute Gasteiger partial charge is 0.216 e. The van der Waals surface area contributed by atoms with Crippen LogP contribution in [-0.2, 0) is 12.8 Å². The first-order chi connectivity index (χ1) is 12.3. The minimum absolute atomic E-state index is 0.491. The van der Waals surface area contributed by atoms with Gasteiger partial charge in [0, 0.05) is 6.42 Å². The maximum absolute atomic E-state index is 5.44. The van der Waals surface area contributed by atoms with Crippen molar-refractivity contribution in [1.82, 2.24) is 14.9 Å². The fourth-order valence-electron chi connectivity index (χ4n) is 2.45. The van der Waals surface area contributed by atoms with Crippen molar-refractivity contribution < 1.29 is 4.74 Å². The van der Waals surface area contributed by atoms with Crippen molar-refractivity contribution in [3.63, 3.8) is 0 Å². The fourth-order valence-corrected chi connectivity index (χ4v) is 2.65. The summed E-state index contributed by atoms with van der Waals surface area (Å²) in [6.07, 6.45) is 3.42. The Morgan fingerprint density at radius 3 is 2.60 bits per heavy atom. The molecule has 25 heavy (non-hydrogen) atoms. The normalized spacial score (nSPS) is 11.1. The first kappa shape index (κ1) is 17.1. The minimum atomic E-state index is 0.491. The van der Waals surface area contributed by atoms with Gasteiger partial charge in [-0.1, -0.05) is 30.3 Å². The highest BCUT2D eigenvalue weighted by atomic mass is 32.1. The molecule has 0 atom stereocenters. The molecule has 0 bridgehead atoms. The molecule has 0 spiro atoms. The molecular weight excluding hydrogens is 332 g/mol. The molecule has 128 valence electrons. The largest absolute Gasteiger partial charge is 0.494 e. The van der Waals surface area contributed by atoms with Gasteiger partial charge in [-0.3, -0.25) is 5.10 Å². The van der Waals surface area contributed by atoms with Crippen LogP contribution in [0.2, 0.25) is 0 Å². The number of aromatic amines is 1. The maximum Gasteiger partial charge on any atom is 0.216 e. The van der Waals surface area contributed by atoms with E-state index < -0.39 is 0 Å². The summed E-state index contributed by atoms with van der Waals surface area (Å²) in [6, 6.07) is 18.1. The first-order valence-electron chi connectivity index (χ1n) is 8.23. The second-order valence-electron chi connectivity index (χ2n) is 5.49. The van der Waals surface area contributed by atoms with Gasteiger partial charge >= 0.3 is 0 Å². The van der Waals surface area contributed by atoms with Crippen molar-refractivity contribution in [2.24, 2.45) is 5.10 Å². The van der Waals surface area contributed by atoms with E-state index in [0.717, 1.165) is 30.0 Å². The fraction of sp³-hybridized carbons (Fsp3) is 0.211. The van der Waals surface area contributed by atoms with Gasteiger partial charge in [-0.25, -0.2) is 0 Å². The molecule has 0 saturated carbocycles. The summed E-state index contributed by atoms with van der Waals surface area (Å²) in [7, 11) is 0. The van der Waals surface area contributed by atoms with Gasteiger partial charge in [0.25, 0.3) is 0 Å². The summed E-state index contributed by atoms with van der Waals surface area (Å²) in [6.45, 7) is 2.62. The van der Waals surface area contributed by atoms with Crippen LogP contribution in [-0.4, -0.2) is 27.7 Å². The second-order valence-corrected chi connectivity index (χ2v) is 5.88. The van der Waals surface area contributed by atoms with Crippen LogP contribution < -0.4 is 4.74 Å². The Labute approximate surface area is 152 Å². The van der Waals surface area contributed by atoms with Crippen molar-refractivity contribution in [2.75, 3.05) is 6.61 Å². The quantitative estimate of drug-likeness (QED) is 0.516. The van der Waals surface area contributed by atoms with Gasteiger partial charge in [-0.05, 0) is 61.0 Å². The Morgan fingerprint density at radius 2 is 1.88 bits per heavy atom. The average molecular weight is 352 g/mol. The van der Waals surface area contributed by atoms with Crippen LogP contribution in [0.25, 0.3) is 0 Å². The lowest BCUT2D eigenvalue weighted by molar-refractivity contribution is 0.340. The summed E-state index contributed by atoms with van der Waals surface area (Å²) in [5.74, 6) is 1.67. The predicted octanol–water partition coefficient (Wildman–Crippen LogP) is 4.01. The molecule has 0 fully saturated rings. The van der Waals surface area contributed by atoms with Gasteiger partial charge in [-0.15, -0.1) is 0 Å². The molecule has 0 unspecified atom stereocenters. The Kier molecular flexibility index (Phi) is 5.74. The predicted molar refractivity (Wildman–Crippen MR) is 102 cm³/mol. The number of nitrogens with one attached hydrogen (secondary N) is 1. The van der Waals surface area contributed by atoms with Gasteiger partial charge in [-0.2, -0.15) is 14.9 Å². The summed E-state index contributed by atoms with van der Waals surface area (Å²) in [4.78, 5) is 0. The molecule has 1 heterocycles. The highest BCUT2D eigenvalue weighted by molar-refractivity contribution is 7.71. The number of H-pyrrole nitrogens is 1. The molecule has 0 amide bonds. The molecule has 3 rings (SSSR count). The van der Waals surface area contributed by atoms with E-state index in [1.54, 1.807) is 10.9 Å². The van der Waals surface area contributed by atoms with Crippen molar-refractivity contribution in [3.8, 4) is 5.75 Å². The highest BCUT2D eigenvalue weighted by Crippen LogP contribution is 2.11. The van der Waals surface area contributed by atoms with Crippen molar-refractivity contribution in [1.29, 1.82) is 0 Å². The van der Waals surface area contributed by atoms with E-state index in [9.17, 15) is 0 Å². The molecule has 3 aromatic rings. The summed E-state index contributed by atoms with van der Waals surface area (Å²) >= 11 is 5.29. The zero-order valence-corrected chi connectivity index (χ0v) is 14.9. The zero-order chi connectivity index (χ0) is 17.5. The Bertz CT molecular complexity index is 882. The third-order valence-corrected chi connectivity index (χ3v) is 3.98. The van der Waals surface area contributed by atoms with E-state index in [1.807, 2.05) is 49.4 Å². The van der Waals surface area contributed by atoms with Crippen LogP contribution in [0.15, 0.2) is 59.7 Å². The molecule has 0 radical (unpaired) electrons. The Hall–Kier alpha value is -2.73. The lowest BCUT2D eigenvalue weighted by atomic mass is 10.1. The van der Waals surface area contributed by atoms with Crippen molar-refractivity contribution in [2.45, 2.75) is 19.8 Å². The number of aromatic nitrogens is 3. The molecule has 0 aliphatic heterocycles. The summed E-state index contributed by atoms with van der Waals surface area (Å²) < 4.78 is 7.61. The molecule has 0 saturated heterocycles. The van der Waals surface area contributed by atoms with Gasteiger partial charge in [0.05, 0.1) is 12.8 Å². The van der Waals surface area contributed by atoms with Crippen LogP contribution >= 0.6 is 12.2 Å². The zero-order valence-electron chi connectivity index (χ0n) is 14.1. The second kappa shape index (κ2) is 8.39. The molecule has 2 aromatic carbocycles. The van der Waals surface area contributed by atoms with Gasteiger partial charge < -0.3 is 4.74 Å². The monoisotopic (exact) mass is 352 g/mol. The van der Waals surface area contributed by atoms with E-state index in [4.69, 9.17) is 17.0 Å². The minimum Gasteiger partial charge on any atom is -0.494 e.